The summed E-state index contributed by atoms with van der Waals surface area (Å²) >= 11 is 0. The molecule has 0 aromatic rings. The van der Waals surface area contributed by atoms with Crippen LogP contribution in [0.25, 0.3) is 0 Å². The van der Waals surface area contributed by atoms with Crippen molar-refractivity contribution in [3.8, 4) is 0 Å². The first-order valence-corrected chi connectivity index (χ1v) is 7.12. The molecule has 16 heavy (non-hydrogen) atoms. The third-order valence-corrected chi connectivity index (χ3v) is 3.84. The Labute approximate surface area is 101 Å². The van der Waals surface area contributed by atoms with Gasteiger partial charge < -0.3 is 10.0 Å². The number of hydrogen-bond acceptors (Lipinski definition) is 2. The maximum absolute atomic E-state index is 8.69. The second kappa shape index (κ2) is 9.00. The predicted octanol–water partition coefficient (Wildman–Crippen LogP) is 3.05. The van der Waals surface area contributed by atoms with Crippen LogP contribution in [0.15, 0.2) is 0 Å². The van der Waals surface area contributed by atoms with Crippen molar-refractivity contribution >= 4 is 0 Å². The van der Waals surface area contributed by atoms with Gasteiger partial charge in [0.15, 0.2) is 0 Å². The largest absolute Gasteiger partial charge is 0.396 e. The third kappa shape index (κ3) is 6.49. The molecular weight excluding hydrogens is 198 g/mol. The van der Waals surface area contributed by atoms with E-state index < -0.39 is 0 Å². The zero-order chi connectivity index (χ0) is 11.6. The van der Waals surface area contributed by atoms with Crippen molar-refractivity contribution < 1.29 is 5.11 Å². The highest BCUT2D eigenvalue weighted by molar-refractivity contribution is 4.67. The quantitative estimate of drug-likeness (QED) is 0.644. The molecule has 0 unspecified atom stereocenters. The van der Waals surface area contributed by atoms with Gasteiger partial charge in [0.2, 0.25) is 0 Å². The summed E-state index contributed by atoms with van der Waals surface area (Å²) in [5.41, 5.74) is 0. The van der Waals surface area contributed by atoms with E-state index in [2.05, 4.69) is 11.9 Å². The van der Waals surface area contributed by atoms with Crippen molar-refractivity contribution in [2.45, 2.75) is 57.8 Å². The van der Waals surface area contributed by atoms with Gasteiger partial charge in [0, 0.05) is 6.61 Å². The zero-order valence-corrected chi connectivity index (χ0v) is 11.0. The molecule has 1 rings (SSSR count). The highest BCUT2D eigenvalue weighted by Gasteiger charge is 2.13. The van der Waals surface area contributed by atoms with Crippen LogP contribution in [-0.2, 0) is 0 Å². The van der Waals surface area contributed by atoms with Gasteiger partial charge >= 0.3 is 0 Å². The summed E-state index contributed by atoms with van der Waals surface area (Å²) in [4.78, 5) is 2.46. The molecule has 1 saturated carbocycles. The molecule has 1 N–H and O–H groups in total. The molecule has 2 nitrogen and oxygen atoms in total. The summed E-state index contributed by atoms with van der Waals surface area (Å²) in [5.74, 6) is 1.01. The summed E-state index contributed by atoms with van der Waals surface area (Å²) in [7, 11) is 2.24. The van der Waals surface area contributed by atoms with Crippen LogP contribution in [0.4, 0.5) is 0 Å². The maximum Gasteiger partial charge on any atom is 0.0431 e. The summed E-state index contributed by atoms with van der Waals surface area (Å²) in [5, 5.41) is 8.69. The minimum absolute atomic E-state index is 0.353. The second-order valence-corrected chi connectivity index (χ2v) is 5.38. The zero-order valence-electron chi connectivity index (χ0n) is 11.0. The molecule has 2 heteroatoms. The fourth-order valence-corrected chi connectivity index (χ4v) is 2.66. The number of nitrogens with zero attached hydrogens (tertiary/aromatic N) is 1. The molecule has 0 amide bonds. The van der Waals surface area contributed by atoms with E-state index in [4.69, 9.17) is 5.11 Å². The molecule has 0 aliphatic heterocycles. The first-order chi connectivity index (χ1) is 7.83. The van der Waals surface area contributed by atoms with Crippen LogP contribution in [0.2, 0.25) is 0 Å². The number of rotatable bonds is 8. The summed E-state index contributed by atoms with van der Waals surface area (Å²) in [6, 6.07) is 0. The Morgan fingerprint density at radius 1 is 1.00 bits per heavy atom. The topological polar surface area (TPSA) is 23.5 Å². The number of aliphatic hydroxyl groups excluding tert-OH is 1. The predicted molar refractivity (Wildman–Crippen MR) is 69.6 cm³/mol. The molecule has 1 aliphatic carbocycles. The summed E-state index contributed by atoms with van der Waals surface area (Å²) in [6.45, 7) is 2.82. The number of hydrogen-bond donors (Lipinski definition) is 1. The minimum Gasteiger partial charge on any atom is -0.396 e. The third-order valence-electron chi connectivity index (χ3n) is 3.84. The Morgan fingerprint density at radius 3 is 2.44 bits per heavy atom. The van der Waals surface area contributed by atoms with E-state index in [-0.39, 0.29) is 0 Å². The van der Waals surface area contributed by atoms with E-state index in [1.165, 1.54) is 64.5 Å². The lowest BCUT2D eigenvalue weighted by Gasteiger charge is -2.24. The SMILES string of the molecule is CN(CCCCCO)CCC1CCCCC1. The lowest BCUT2D eigenvalue weighted by Crippen LogP contribution is -2.23. The first-order valence-electron chi connectivity index (χ1n) is 7.12. The molecule has 1 fully saturated rings. The van der Waals surface area contributed by atoms with Gasteiger partial charge in [-0.25, -0.2) is 0 Å². The number of aliphatic hydroxyl groups is 1. The van der Waals surface area contributed by atoms with Crippen molar-refractivity contribution in [3.63, 3.8) is 0 Å². The van der Waals surface area contributed by atoms with Crippen molar-refractivity contribution in [1.29, 1.82) is 0 Å². The van der Waals surface area contributed by atoms with Crippen molar-refractivity contribution in [2.24, 2.45) is 5.92 Å². The van der Waals surface area contributed by atoms with E-state index in [0.29, 0.717) is 6.61 Å². The number of unbranched alkanes of at least 4 members (excludes halogenated alkanes) is 2. The van der Waals surface area contributed by atoms with Crippen LogP contribution in [0, 0.1) is 5.92 Å². The van der Waals surface area contributed by atoms with Crippen molar-refractivity contribution in [2.75, 3.05) is 26.7 Å². The van der Waals surface area contributed by atoms with Gasteiger partial charge in [-0.05, 0) is 51.7 Å². The fraction of sp³-hybridized carbons (Fsp3) is 1.00. The molecule has 0 aromatic heterocycles. The van der Waals surface area contributed by atoms with Gasteiger partial charge in [0.25, 0.3) is 0 Å². The Bertz CT molecular complexity index is 155. The van der Waals surface area contributed by atoms with Gasteiger partial charge in [0.1, 0.15) is 0 Å². The molecule has 0 spiro atoms. The smallest absolute Gasteiger partial charge is 0.0431 e. The summed E-state index contributed by atoms with van der Waals surface area (Å²) < 4.78 is 0. The van der Waals surface area contributed by atoms with E-state index in [1.807, 2.05) is 0 Å². The Morgan fingerprint density at radius 2 is 1.75 bits per heavy atom. The Hall–Kier alpha value is -0.0800. The normalized spacial score (nSPS) is 18.2. The van der Waals surface area contributed by atoms with Crippen LogP contribution in [-0.4, -0.2) is 36.8 Å². The van der Waals surface area contributed by atoms with E-state index >= 15 is 0 Å². The molecule has 0 saturated heterocycles. The molecular formula is C14H29NO. The van der Waals surface area contributed by atoms with E-state index in [1.54, 1.807) is 0 Å². The molecule has 0 atom stereocenters. The van der Waals surface area contributed by atoms with Gasteiger partial charge in [-0.15, -0.1) is 0 Å². The highest BCUT2D eigenvalue weighted by atomic mass is 16.2. The van der Waals surface area contributed by atoms with Crippen molar-refractivity contribution in [1.82, 2.24) is 4.90 Å². The molecule has 96 valence electrons. The van der Waals surface area contributed by atoms with Crippen LogP contribution in [0.5, 0.6) is 0 Å². The standard InChI is InChI=1S/C14H29NO/c1-15(11-6-3-7-13-16)12-10-14-8-4-2-5-9-14/h14,16H,2-13H2,1H3. The van der Waals surface area contributed by atoms with E-state index in [0.717, 1.165) is 12.3 Å². The second-order valence-electron chi connectivity index (χ2n) is 5.38. The summed E-state index contributed by atoms with van der Waals surface area (Å²) in [6.07, 6.45) is 12.1. The molecule has 0 bridgehead atoms. The van der Waals surface area contributed by atoms with Crippen LogP contribution in [0.3, 0.4) is 0 Å². The van der Waals surface area contributed by atoms with Crippen LogP contribution in [0.1, 0.15) is 57.8 Å². The van der Waals surface area contributed by atoms with Crippen molar-refractivity contribution in [3.05, 3.63) is 0 Å². The highest BCUT2D eigenvalue weighted by Crippen LogP contribution is 2.26. The Kier molecular flexibility index (Phi) is 7.87. The molecule has 1 aliphatic rings. The maximum atomic E-state index is 8.69. The van der Waals surface area contributed by atoms with Gasteiger partial charge in [-0.1, -0.05) is 32.1 Å². The minimum atomic E-state index is 0.353. The molecule has 0 aromatic carbocycles. The lowest BCUT2D eigenvalue weighted by atomic mass is 9.87. The lowest BCUT2D eigenvalue weighted by molar-refractivity contribution is 0.252. The first kappa shape index (κ1) is 14.0. The Balaban J connectivity index is 1.94. The monoisotopic (exact) mass is 227 g/mol. The van der Waals surface area contributed by atoms with Crippen LogP contribution >= 0.6 is 0 Å². The van der Waals surface area contributed by atoms with Gasteiger partial charge in [-0.2, -0.15) is 0 Å². The molecule has 0 heterocycles. The van der Waals surface area contributed by atoms with Gasteiger partial charge in [0.05, 0.1) is 0 Å². The van der Waals surface area contributed by atoms with Gasteiger partial charge in [-0.3, -0.25) is 0 Å². The molecule has 0 radical (unpaired) electrons. The van der Waals surface area contributed by atoms with E-state index in [9.17, 15) is 0 Å². The average Bonchev–Trinajstić information content (AvgIpc) is 2.33. The average molecular weight is 227 g/mol. The fourth-order valence-electron chi connectivity index (χ4n) is 2.66. The van der Waals surface area contributed by atoms with Crippen LogP contribution < -0.4 is 0 Å².